The lowest BCUT2D eigenvalue weighted by atomic mass is 9.95. The van der Waals surface area contributed by atoms with Gasteiger partial charge in [0.05, 0.1) is 15.0 Å². The number of hydrogen-bond acceptors (Lipinski definition) is 6. The fourth-order valence-electron chi connectivity index (χ4n) is 5.05. The van der Waals surface area contributed by atoms with Crippen LogP contribution >= 0.6 is 27.5 Å². The van der Waals surface area contributed by atoms with Gasteiger partial charge in [0.15, 0.2) is 5.82 Å². The highest BCUT2D eigenvalue weighted by Crippen LogP contribution is 2.41. The Morgan fingerprint density at radius 1 is 1.44 bits per heavy atom. The first-order valence-corrected chi connectivity index (χ1v) is 11.9. The van der Waals surface area contributed by atoms with Gasteiger partial charge in [0, 0.05) is 43.8 Å². The number of benzene rings is 1. The number of fused-ring (bicyclic) bond motifs is 2. The van der Waals surface area contributed by atoms with Gasteiger partial charge in [0.25, 0.3) is 0 Å². The summed E-state index contributed by atoms with van der Waals surface area (Å²) in [4.78, 5) is 22.4. The molecule has 0 spiro atoms. The second-order valence-corrected chi connectivity index (χ2v) is 10.1. The highest BCUT2D eigenvalue weighted by molar-refractivity contribution is 9.10. The first-order valence-electron chi connectivity index (χ1n) is 10.7. The van der Waals surface area contributed by atoms with E-state index in [-0.39, 0.29) is 45.0 Å². The van der Waals surface area contributed by atoms with Crippen molar-refractivity contribution in [1.82, 2.24) is 20.2 Å². The normalized spacial score (nSPS) is 27.7. The third-order valence-corrected chi connectivity index (χ3v) is 7.96. The number of alkyl halides is 1. The number of nitrogens with one attached hydrogen (secondary N) is 2. The summed E-state index contributed by atoms with van der Waals surface area (Å²) in [5.41, 5.74) is -0.287. The van der Waals surface area contributed by atoms with Crippen molar-refractivity contribution in [3.05, 3.63) is 21.4 Å². The van der Waals surface area contributed by atoms with E-state index in [0.29, 0.717) is 43.7 Å². The van der Waals surface area contributed by atoms with Crippen LogP contribution in [-0.2, 0) is 4.79 Å². The quantitative estimate of drug-likeness (QED) is 0.555. The van der Waals surface area contributed by atoms with E-state index < -0.39 is 12.0 Å². The van der Waals surface area contributed by atoms with Crippen molar-refractivity contribution >= 4 is 50.2 Å². The molecule has 0 aliphatic carbocycles. The smallest absolute Gasteiger partial charge is 0.319 e. The van der Waals surface area contributed by atoms with Crippen LogP contribution in [0.15, 0.2) is 10.5 Å². The van der Waals surface area contributed by atoms with Crippen molar-refractivity contribution in [2.24, 2.45) is 5.92 Å². The predicted molar refractivity (Wildman–Crippen MR) is 120 cm³/mol. The Kier molecular flexibility index (Phi) is 5.88. The average Bonchev–Trinajstić information content (AvgIpc) is 3.43. The number of carbonyl (C=O) groups is 1. The number of nitrogens with zero attached hydrogens (tertiary/aromatic N) is 3. The first kappa shape index (κ1) is 22.0. The van der Waals surface area contributed by atoms with Gasteiger partial charge in [-0.3, -0.25) is 9.69 Å². The van der Waals surface area contributed by atoms with Crippen molar-refractivity contribution in [3.8, 4) is 6.01 Å². The minimum Gasteiger partial charge on any atom is -0.461 e. The zero-order valence-electron chi connectivity index (χ0n) is 17.3. The number of ether oxygens (including phenoxy) is 1. The maximum atomic E-state index is 15.0. The van der Waals surface area contributed by atoms with Gasteiger partial charge in [-0.25, -0.2) is 8.78 Å². The number of carbonyl (C=O) groups excluding carboxylic acids is 1. The Balaban J connectivity index is 1.44. The summed E-state index contributed by atoms with van der Waals surface area (Å²) in [5.74, 6) is -0.118. The molecule has 172 valence electrons. The molecule has 3 saturated heterocycles. The lowest BCUT2D eigenvalue weighted by molar-refractivity contribution is -0.119. The van der Waals surface area contributed by atoms with E-state index >= 15 is 4.39 Å². The summed E-state index contributed by atoms with van der Waals surface area (Å²) in [7, 11) is 0. The summed E-state index contributed by atoms with van der Waals surface area (Å²) >= 11 is 9.34. The van der Waals surface area contributed by atoms with Crippen LogP contribution in [0.2, 0.25) is 5.02 Å². The summed E-state index contributed by atoms with van der Waals surface area (Å²) < 4.78 is 35.1. The fraction of sp³-hybridized carbons (Fsp3) is 0.571. The first-order chi connectivity index (χ1) is 15.3. The molecule has 3 aliphatic heterocycles. The predicted octanol–water partition coefficient (Wildman–Crippen LogP) is 3.69. The van der Waals surface area contributed by atoms with E-state index in [2.05, 4.69) is 41.4 Å². The Bertz CT molecular complexity index is 1080. The summed E-state index contributed by atoms with van der Waals surface area (Å²) in [6, 6.07) is 1.62. The van der Waals surface area contributed by atoms with Crippen LogP contribution in [0, 0.1) is 11.7 Å². The van der Waals surface area contributed by atoms with Gasteiger partial charge in [-0.2, -0.15) is 9.97 Å². The number of amides is 1. The van der Waals surface area contributed by atoms with Gasteiger partial charge in [-0.15, -0.1) is 0 Å². The number of rotatable bonds is 6. The lowest BCUT2D eigenvalue weighted by Gasteiger charge is -2.30. The maximum Gasteiger partial charge on any atom is 0.319 e. The number of hydrogen-bond donors (Lipinski definition) is 2. The topological polar surface area (TPSA) is 79.4 Å². The fourth-order valence-corrected chi connectivity index (χ4v) is 5.54. The van der Waals surface area contributed by atoms with Crippen molar-refractivity contribution in [2.45, 2.75) is 37.4 Å². The third kappa shape index (κ3) is 4.01. The molecule has 4 heterocycles. The molecule has 0 saturated carbocycles. The number of halogens is 4. The molecule has 1 aromatic carbocycles. The van der Waals surface area contributed by atoms with Crippen LogP contribution in [0.5, 0.6) is 6.01 Å². The van der Waals surface area contributed by atoms with Gasteiger partial charge in [-0.1, -0.05) is 11.6 Å². The Morgan fingerprint density at radius 3 is 3.06 bits per heavy atom. The highest BCUT2D eigenvalue weighted by Gasteiger charge is 2.49. The van der Waals surface area contributed by atoms with Crippen molar-refractivity contribution in [1.29, 1.82) is 0 Å². The third-order valence-electron chi connectivity index (χ3n) is 6.66. The molecule has 0 radical (unpaired) electrons. The van der Waals surface area contributed by atoms with E-state index in [1.165, 1.54) is 0 Å². The van der Waals surface area contributed by atoms with Gasteiger partial charge in [0.1, 0.15) is 24.1 Å². The number of anilines is 1. The molecule has 11 heteroatoms. The SMILES string of the molecule is O=C1CC(CNc2nc(OC[C@@]34CCCN3C[C@H](F)C4)nc3c(F)c(Br)c(Cl)cc23)CN1. The Hall–Kier alpha value is -1.78. The summed E-state index contributed by atoms with van der Waals surface area (Å²) in [6.07, 6.45) is 1.82. The highest BCUT2D eigenvalue weighted by atomic mass is 79.9. The molecular weight excluding hydrogens is 508 g/mol. The van der Waals surface area contributed by atoms with E-state index in [9.17, 15) is 9.18 Å². The lowest BCUT2D eigenvalue weighted by Crippen LogP contribution is -2.43. The van der Waals surface area contributed by atoms with E-state index in [0.717, 1.165) is 19.4 Å². The zero-order valence-corrected chi connectivity index (χ0v) is 19.6. The monoisotopic (exact) mass is 529 g/mol. The van der Waals surface area contributed by atoms with E-state index in [1.807, 2.05) is 0 Å². The van der Waals surface area contributed by atoms with Crippen LogP contribution in [-0.4, -0.2) is 65.3 Å². The van der Waals surface area contributed by atoms with Gasteiger partial charge < -0.3 is 15.4 Å². The standard InChI is InChI=1S/C21H23BrClF2N5O2/c22-16-14(23)5-13-18(17(16)25)28-20(29-19(13)27-8-11-4-15(31)26-7-11)32-10-21-2-1-3-30(21)9-12(24)6-21/h5,11-12H,1-4,6-10H2,(H,26,31)(H,27,28,29)/t11?,12-,21+/m1/s1. The Labute approximate surface area is 197 Å². The van der Waals surface area contributed by atoms with Crippen molar-refractivity contribution < 1.29 is 18.3 Å². The van der Waals surface area contributed by atoms with Crippen LogP contribution in [0.1, 0.15) is 25.7 Å². The molecular formula is C21H23BrClF2N5O2. The molecule has 2 aromatic rings. The molecule has 3 fully saturated rings. The molecule has 1 unspecified atom stereocenters. The number of aromatic nitrogens is 2. The maximum absolute atomic E-state index is 15.0. The minimum atomic E-state index is -0.869. The molecule has 7 nitrogen and oxygen atoms in total. The zero-order chi connectivity index (χ0) is 22.5. The van der Waals surface area contributed by atoms with Gasteiger partial charge >= 0.3 is 6.01 Å². The second-order valence-electron chi connectivity index (χ2n) is 8.86. The van der Waals surface area contributed by atoms with Crippen LogP contribution in [0.3, 0.4) is 0 Å². The minimum absolute atomic E-state index is 0.00879. The van der Waals surface area contributed by atoms with E-state index in [1.54, 1.807) is 6.07 Å². The molecule has 32 heavy (non-hydrogen) atoms. The van der Waals surface area contributed by atoms with E-state index in [4.69, 9.17) is 16.3 Å². The molecule has 0 bridgehead atoms. The Morgan fingerprint density at radius 2 is 2.28 bits per heavy atom. The molecule has 1 aromatic heterocycles. The molecule has 1 amide bonds. The van der Waals surface area contributed by atoms with Crippen molar-refractivity contribution in [2.75, 3.05) is 38.1 Å². The molecule has 3 atom stereocenters. The van der Waals surface area contributed by atoms with Crippen LogP contribution < -0.4 is 15.4 Å². The average molecular weight is 531 g/mol. The summed E-state index contributed by atoms with van der Waals surface area (Å²) in [6.45, 7) is 2.56. The van der Waals surface area contributed by atoms with Gasteiger partial charge in [-0.05, 0) is 41.4 Å². The molecule has 2 N–H and O–H groups in total. The molecule has 5 rings (SSSR count). The van der Waals surface area contributed by atoms with Gasteiger partial charge in [0.2, 0.25) is 5.91 Å². The largest absolute Gasteiger partial charge is 0.461 e. The summed E-state index contributed by atoms with van der Waals surface area (Å²) in [5, 5.41) is 6.63. The van der Waals surface area contributed by atoms with Crippen molar-refractivity contribution in [3.63, 3.8) is 0 Å². The van der Waals surface area contributed by atoms with Crippen LogP contribution in [0.4, 0.5) is 14.6 Å². The molecule has 3 aliphatic rings. The second kappa shape index (κ2) is 8.53. The van der Waals surface area contributed by atoms with Crippen LogP contribution in [0.25, 0.3) is 10.9 Å².